The van der Waals surface area contributed by atoms with Crippen molar-refractivity contribution >= 4 is 43.5 Å². The Morgan fingerprint density at radius 2 is 1.66 bits per heavy atom. The van der Waals surface area contributed by atoms with Crippen molar-refractivity contribution in [3.63, 3.8) is 0 Å². The van der Waals surface area contributed by atoms with Crippen LogP contribution in [0.25, 0.3) is 0 Å². The van der Waals surface area contributed by atoms with Crippen molar-refractivity contribution in [1.82, 2.24) is 10.2 Å². The molecule has 1 N–H and O–H groups in total. The quantitative estimate of drug-likeness (QED) is 0.433. The van der Waals surface area contributed by atoms with Gasteiger partial charge in [-0.3, -0.25) is 13.9 Å². The Balaban J connectivity index is 2.20. The van der Waals surface area contributed by atoms with Gasteiger partial charge in [-0.1, -0.05) is 40.2 Å². The molecule has 2 aromatic carbocycles. The Kier molecular flexibility index (Phi) is 10.3. The molecule has 0 spiro atoms. The van der Waals surface area contributed by atoms with E-state index in [1.807, 2.05) is 70.2 Å². The normalized spacial score (nSPS) is 12.3. The Morgan fingerprint density at radius 1 is 1.03 bits per heavy atom. The van der Waals surface area contributed by atoms with Crippen LogP contribution in [0, 0.1) is 13.8 Å². The maximum atomic E-state index is 13.3. The molecule has 0 heterocycles. The molecule has 9 heteroatoms. The molecule has 192 valence electrons. The van der Waals surface area contributed by atoms with E-state index in [4.69, 9.17) is 0 Å². The third-order valence-corrected chi connectivity index (χ3v) is 7.36. The lowest BCUT2D eigenvalue weighted by molar-refractivity contribution is -0.140. The van der Waals surface area contributed by atoms with E-state index in [-0.39, 0.29) is 37.4 Å². The minimum atomic E-state index is -3.53. The predicted octanol–water partition coefficient (Wildman–Crippen LogP) is 4.55. The summed E-state index contributed by atoms with van der Waals surface area (Å²) in [4.78, 5) is 27.6. The molecule has 0 bridgehead atoms. The molecule has 7 nitrogen and oxygen atoms in total. The molecule has 0 saturated carbocycles. The summed E-state index contributed by atoms with van der Waals surface area (Å²) in [5.41, 5.74) is 3.33. The van der Waals surface area contributed by atoms with E-state index >= 15 is 0 Å². The molecule has 2 rings (SSSR count). The van der Waals surface area contributed by atoms with Gasteiger partial charge in [0.05, 0.1) is 11.9 Å². The molecule has 0 aliphatic rings. The summed E-state index contributed by atoms with van der Waals surface area (Å²) in [6.07, 6.45) is 1.62. The Morgan fingerprint density at radius 3 is 2.23 bits per heavy atom. The fourth-order valence-corrected chi connectivity index (χ4v) is 5.02. The zero-order chi connectivity index (χ0) is 26.3. The molecule has 0 aliphatic heterocycles. The molecule has 35 heavy (non-hydrogen) atoms. The molecule has 1 atom stereocenters. The highest BCUT2D eigenvalue weighted by atomic mass is 79.9. The number of aryl methyl sites for hydroxylation is 2. The summed E-state index contributed by atoms with van der Waals surface area (Å²) in [6.45, 7) is 9.70. The lowest BCUT2D eigenvalue weighted by Crippen LogP contribution is -2.49. The number of anilines is 1. The van der Waals surface area contributed by atoms with Gasteiger partial charge in [0.25, 0.3) is 0 Å². The van der Waals surface area contributed by atoms with Crippen molar-refractivity contribution in [2.75, 3.05) is 17.1 Å². The van der Waals surface area contributed by atoms with Crippen LogP contribution in [0.15, 0.2) is 46.9 Å². The van der Waals surface area contributed by atoms with Crippen molar-refractivity contribution in [1.29, 1.82) is 0 Å². The zero-order valence-electron chi connectivity index (χ0n) is 21.3. The predicted molar refractivity (Wildman–Crippen MR) is 145 cm³/mol. The number of halogens is 1. The summed E-state index contributed by atoms with van der Waals surface area (Å²) in [6, 6.07) is 12.6. The van der Waals surface area contributed by atoms with Crippen molar-refractivity contribution in [3.8, 4) is 0 Å². The Hall–Kier alpha value is -2.39. The summed E-state index contributed by atoms with van der Waals surface area (Å²) in [5.74, 6) is -0.424. The summed E-state index contributed by atoms with van der Waals surface area (Å²) in [7, 11) is -3.53. The van der Waals surface area contributed by atoms with E-state index in [0.717, 1.165) is 21.2 Å². The van der Waals surface area contributed by atoms with Gasteiger partial charge in [0, 0.05) is 30.0 Å². The molecular formula is C26H36BrN3O4S. The van der Waals surface area contributed by atoms with Crippen molar-refractivity contribution < 1.29 is 18.0 Å². The third-order valence-electron chi connectivity index (χ3n) is 5.65. The van der Waals surface area contributed by atoms with E-state index < -0.39 is 16.1 Å². The number of carbonyl (C=O) groups excluding carboxylic acids is 2. The zero-order valence-corrected chi connectivity index (χ0v) is 23.7. The average molecular weight is 567 g/mol. The van der Waals surface area contributed by atoms with Crippen LogP contribution in [-0.4, -0.2) is 50.0 Å². The lowest BCUT2D eigenvalue weighted by atomic mass is 10.1. The average Bonchev–Trinajstić information content (AvgIpc) is 2.76. The summed E-state index contributed by atoms with van der Waals surface area (Å²) >= 11 is 3.41. The fourth-order valence-electron chi connectivity index (χ4n) is 3.74. The first-order valence-electron chi connectivity index (χ1n) is 11.7. The van der Waals surface area contributed by atoms with E-state index in [9.17, 15) is 18.0 Å². The second-order valence-corrected chi connectivity index (χ2v) is 12.0. The Labute approximate surface area is 218 Å². The first-order valence-corrected chi connectivity index (χ1v) is 14.3. The van der Waals surface area contributed by atoms with E-state index in [1.54, 1.807) is 11.8 Å². The highest BCUT2D eigenvalue weighted by molar-refractivity contribution is 9.10. The monoisotopic (exact) mass is 565 g/mol. The maximum Gasteiger partial charge on any atom is 0.242 e. The molecular weight excluding hydrogens is 530 g/mol. The van der Waals surface area contributed by atoms with Crippen LogP contribution in [0.3, 0.4) is 0 Å². The smallest absolute Gasteiger partial charge is 0.242 e. The van der Waals surface area contributed by atoms with Crippen LogP contribution in [0.2, 0.25) is 0 Å². The molecule has 0 fully saturated rings. The van der Waals surface area contributed by atoms with Gasteiger partial charge in [0.2, 0.25) is 21.8 Å². The van der Waals surface area contributed by atoms with Gasteiger partial charge in [0.1, 0.15) is 6.04 Å². The summed E-state index contributed by atoms with van der Waals surface area (Å²) in [5, 5.41) is 2.87. The highest BCUT2D eigenvalue weighted by Crippen LogP contribution is 2.25. The van der Waals surface area contributed by atoms with Crippen molar-refractivity contribution in [2.24, 2.45) is 0 Å². The summed E-state index contributed by atoms with van der Waals surface area (Å²) < 4.78 is 27.4. The molecule has 0 radical (unpaired) electrons. The van der Waals surface area contributed by atoms with E-state index in [1.165, 1.54) is 10.6 Å². The van der Waals surface area contributed by atoms with Gasteiger partial charge in [-0.05, 0) is 75.9 Å². The van der Waals surface area contributed by atoms with Gasteiger partial charge in [-0.15, -0.1) is 0 Å². The van der Waals surface area contributed by atoms with Gasteiger partial charge in [-0.25, -0.2) is 8.42 Å². The number of rotatable bonds is 11. The van der Waals surface area contributed by atoms with Crippen LogP contribution in [0.1, 0.15) is 50.3 Å². The SMILES string of the molecule is Cc1ccc(C)c(N(CCCC(=O)N(Cc2ccc(Br)cc2)[C@H](C)C(=O)NC(C)C)S(C)(=O)=O)c1. The molecule has 0 aliphatic carbocycles. The van der Waals surface area contributed by atoms with Gasteiger partial charge in [-0.2, -0.15) is 0 Å². The third kappa shape index (κ3) is 8.65. The molecule has 0 saturated heterocycles. The molecule has 0 aromatic heterocycles. The van der Waals surface area contributed by atoms with Crippen LogP contribution >= 0.6 is 15.9 Å². The van der Waals surface area contributed by atoms with E-state index in [0.29, 0.717) is 12.1 Å². The highest BCUT2D eigenvalue weighted by Gasteiger charge is 2.27. The number of sulfonamides is 1. The second-order valence-electron chi connectivity index (χ2n) is 9.22. The van der Waals surface area contributed by atoms with Crippen molar-refractivity contribution in [2.45, 2.75) is 66.1 Å². The number of hydrogen-bond donors (Lipinski definition) is 1. The molecule has 2 amide bonds. The first-order chi connectivity index (χ1) is 16.3. The van der Waals surface area contributed by atoms with Crippen LogP contribution in [-0.2, 0) is 26.2 Å². The topological polar surface area (TPSA) is 86.8 Å². The van der Waals surface area contributed by atoms with Gasteiger partial charge >= 0.3 is 0 Å². The number of amides is 2. The fraction of sp³-hybridized carbons (Fsp3) is 0.462. The van der Waals surface area contributed by atoms with Crippen molar-refractivity contribution in [3.05, 3.63) is 63.6 Å². The van der Waals surface area contributed by atoms with Gasteiger partial charge in [0.15, 0.2) is 0 Å². The van der Waals surface area contributed by atoms with Gasteiger partial charge < -0.3 is 10.2 Å². The largest absolute Gasteiger partial charge is 0.352 e. The van der Waals surface area contributed by atoms with Crippen LogP contribution < -0.4 is 9.62 Å². The molecule has 0 unspecified atom stereocenters. The lowest BCUT2D eigenvalue weighted by Gasteiger charge is -2.30. The number of hydrogen-bond acceptors (Lipinski definition) is 4. The number of nitrogens with zero attached hydrogens (tertiary/aromatic N) is 2. The maximum absolute atomic E-state index is 13.3. The first kappa shape index (κ1) is 28.8. The molecule has 2 aromatic rings. The Bertz CT molecular complexity index is 1130. The minimum Gasteiger partial charge on any atom is -0.352 e. The number of nitrogens with one attached hydrogen (secondary N) is 1. The van der Waals surface area contributed by atoms with Crippen LogP contribution in [0.4, 0.5) is 5.69 Å². The minimum absolute atomic E-state index is 0.0459. The standard InChI is InChI=1S/C26H36BrN3O4S/c1-18(2)28-26(32)21(5)29(17-22-11-13-23(27)14-12-22)25(31)8-7-15-30(35(6,33)34)24-16-19(3)9-10-20(24)4/h9-14,16,18,21H,7-8,15,17H2,1-6H3,(H,28,32)/t21-/m1/s1. The number of benzene rings is 2. The second kappa shape index (κ2) is 12.5. The van der Waals surface area contributed by atoms with E-state index in [2.05, 4.69) is 21.2 Å². The van der Waals surface area contributed by atoms with Crippen LogP contribution in [0.5, 0.6) is 0 Å². The number of carbonyl (C=O) groups is 2.